The summed E-state index contributed by atoms with van der Waals surface area (Å²) in [5.74, 6) is 1.62. The Hall–Kier alpha value is -12.3. The Balaban J connectivity index is 0.724. The van der Waals surface area contributed by atoms with Gasteiger partial charge in [0.25, 0.3) is 0 Å². The minimum Gasteiger partial charge on any atom is -0.456 e. The molecule has 0 atom stereocenters. The first-order chi connectivity index (χ1) is 44.6. The van der Waals surface area contributed by atoms with Crippen LogP contribution in [0.15, 0.2) is 291 Å². The molecule has 9 heteroatoms. The Morgan fingerprint density at radius 2 is 0.556 bits per heavy atom. The quantitative estimate of drug-likeness (QED) is 0.157. The summed E-state index contributed by atoms with van der Waals surface area (Å²) in [4.78, 5) is 16.1. The molecule has 13 aromatic carbocycles. The Kier molecular flexibility index (Phi) is 10.1. The standard InChI is InChI=1S/C81H45N5O4/c1-2-16-46(17-3-1)79-82-80(55-22-12-30-71-75(55)59-44-49(36-40-69(59)89-71)47-34-38-63-57(42-47)51-18-4-8-24-61(51)85(63)65-26-14-32-73-77(65)53-20-6-10-28-67(53)87-73)84-81(83-79)56-23-13-31-72-76(56)60-45-50(37-41-70(60)90-72)48-35-39-64-58(43-48)52-19-5-9-25-62(52)86(64)66-27-15-33-74-78(66)54-21-7-11-29-68(54)88-74/h1-45H. The Morgan fingerprint density at radius 3 is 1.03 bits per heavy atom. The molecule has 0 fully saturated rings. The third-order valence-corrected chi connectivity index (χ3v) is 18.4. The summed E-state index contributed by atoms with van der Waals surface area (Å²) >= 11 is 0. The molecule has 0 N–H and O–H groups in total. The van der Waals surface area contributed by atoms with Crippen molar-refractivity contribution in [3.05, 3.63) is 273 Å². The second kappa shape index (κ2) is 18.6. The highest BCUT2D eigenvalue weighted by Crippen LogP contribution is 2.46. The maximum atomic E-state index is 6.71. The van der Waals surface area contributed by atoms with E-state index in [-0.39, 0.29) is 0 Å². The van der Waals surface area contributed by atoms with Crippen molar-refractivity contribution in [2.24, 2.45) is 0 Å². The predicted molar refractivity (Wildman–Crippen MR) is 365 cm³/mol. The minimum absolute atomic E-state index is 0.530. The van der Waals surface area contributed by atoms with E-state index in [0.29, 0.717) is 17.5 Å². The van der Waals surface area contributed by atoms with Crippen LogP contribution in [0.3, 0.4) is 0 Å². The lowest BCUT2D eigenvalue weighted by Crippen LogP contribution is -2.00. The second-order valence-corrected chi connectivity index (χ2v) is 23.3. The number of nitrogens with zero attached hydrogens (tertiary/aromatic N) is 5. The van der Waals surface area contributed by atoms with Gasteiger partial charge < -0.3 is 26.8 Å². The summed E-state index contributed by atoms with van der Waals surface area (Å²) in [6.07, 6.45) is 0. The predicted octanol–water partition coefficient (Wildman–Crippen LogP) is 22.0. The average Bonchev–Trinajstić information content (AvgIpc) is 1.65. The zero-order chi connectivity index (χ0) is 58.7. The molecule has 9 nitrogen and oxygen atoms in total. The van der Waals surface area contributed by atoms with E-state index in [1.165, 1.54) is 10.8 Å². The fourth-order valence-corrected chi connectivity index (χ4v) is 14.4. The molecule has 0 aliphatic rings. The van der Waals surface area contributed by atoms with Crippen molar-refractivity contribution in [3.63, 3.8) is 0 Å². The average molecular weight is 1150 g/mol. The van der Waals surface area contributed by atoms with Crippen LogP contribution in [0.1, 0.15) is 0 Å². The van der Waals surface area contributed by atoms with Crippen molar-refractivity contribution in [3.8, 4) is 67.8 Å². The third-order valence-electron chi connectivity index (χ3n) is 18.4. The summed E-state index contributed by atoms with van der Waals surface area (Å²) in [6, 6.07) is 95.6. The van der Waals surface area contributed by atoms with Crippen LogP contribution >= 0.6 is 0 Å². The first kappa shape index (κ1) is 48.9. The van der Waals surface area contributed by atoms with Crippen LogP contribution in [0.5, 0.6) is 0 Å². The Labute approximate surface area is 511 Å². The first-order valence-electron chi connectivity index (χ1n) is 30.2. The molecule has 0 saturated heterocycles. The van der Waals surface area contributed by atoms with Crippen LogP contribution in [0, 0.1) is 0 Å². The van der Waals surface area contributed by atoms with Crippen molar-refractivity contribution in [2.75, 3.05) is 0 Å². The van der Waals surface area contributed by atoms with Crippen LogP contribution in [-0.2, 0) is 0 Å². The van der Waals surface area contributed by atoms with E-state index in [4.69, 9.17) is 32.6 Å². The lowest BCUT2D eigenvalue weighted by molar-refractivity contribution is 0.668. The van der Waals surface area contributed by atoms with E-state index in [9.17, 15) is 0 Å². The second-order valence-electron chi connectivity index (χ2n) is 23.3. The maximum absolute atomic E-state index is 6.71. The fourth-order valence-electron chi connectivity index (χ4n) is 14.4. The molecular formula is C81H45N5O4. The van der Waals surface area contributed by atoms with Gasteiger partial charge in [0.15, 0.2) is 17.5 Å². The van der Waals surface area contributed by atoms with E-state index < -0.39 is 0 Å². The van der Waals surface area contributed by atoms with Gasteiger partial charge in [0.2, 0.25) is 0 Å². The number of para-hydroxylation sites is 4. The fraction of sp³-hybridized carbons (Fsp3) is 0. The van der Waals surface area contributed by atoms with Crippen LogP contribution < -0.4 is 0 Å². The molecule has 90 heavy (non-hydrogen) atoms. The summed E-state index contributed by atoms with van der Waals surface area (Å²) in [5.41, 5.74) is 20.0. The summed E-state index contributed by atoms with van der Waals surface area (Å²) in [6.45, 7) is 0. The highest BCUT2D eigenvalue weighted by atomic mass is 16.3. The lowest BCUT2D eigenvalue weighted by atomic mass is 9.98. The van der Waals surface area contributed by atoms with E-state index in [0.717, 1.165) is 171 Å². The first-order valence-corrected chi connectivity index (χ1v) is 30.2. The number of benzene rings is 13. The summed E-state index contributed by atoms with van der Waals surface area (Å²) in [7, 11) is 0. The maximum Gasteiger partial charge on any atom is 0.164 e. The molecule has 0 aliphatic heterocycles. The van der Waals surface area contributed by atoms with Gasteiger partial charge in [-0.05, 0) is 131 Å². The van der Waals surface area contributed by atoms with Crippen LogP contribution in [-0.4, -0.2) is 24.1 Å². The van der Waals surface area contributed by atoms with Crippen LogP contribution in [0.2, 0.25) is 0 Å². The molecule has 0 saturated carbocycles. The molecule has 0 aliphatic carbocycles. The largest absolute Gasteiger partial charge is 0.456 e. The molecular weight excluding hydrogens is 1110 g/mol. The number of hydrogen-bond donors (Lipinski definition) is 0. The van der Waals surface area contributed by atoms with Gasteiger partial charge in [-0.25, -0.2) is 15.0 Å². The van der Waals surface area contributed by atoms with E-state index in [2.05, 4.69) is 203 Å². The van der Waals surface area contributed by atoms with Gasteiger partial charge >= 0.3 is 0 Å². The normalized spacial score (nSPS) is 12.2. The van der Waals surface area contributed by atoms with Gasteiger partial charge in [-0.15, -0.1) is 0 Å². The van der Waals surface area contributed by atoms with Gasteiger partial charge in [-0.2, -0.15) is 0 Å². The number of hydrogen-bond acceptors (Lipinski definition) is 7. The Bertz CT molecular complexity index is 6060. The minimum atomic E-state index is 0.530. The van der Waals surface area contributed by atoms with Gasteiger partial charge in [0, 0.05) is 70.6 Å². The van der Waals surface area contributed by atoms with E-state index in [1.807, 2.05) is 78.9 Å². The van der Waals surface area contributed by atoms with Gasteiger partial charge in [0.05, 0.1) is 44.2 Å². The number of rotatable bonds is 7. The zero-order valence-corrected chi connectivity index (χ0v) is 47.8. The number of fused-ring (bicyclic) bond motifs is 18. The molecule has 0 unspecified atom stereocenters. The lowest BCUT2D eigenvalue weighted by Gasteiger charge is -2.11. The number of aromatic nitrogens is 5. The monoisotopic (exact) mass is 1150 g/mol. The van der Waals surface area contributed by atoms with Crippen molar-refractivity contribution in [1.82, 2.24) is 24.1 Å². The SMILES string of the molecule is c1ccc(-c2nc(-c3cccc4oc5ccc(-c6ccc7c(c6)c6ccccc6n7-c6cccc7oc8ccccc8c67)cc5c34)nc(-c3cccc4oc5ccc(-c6ccc7c(c6)c6ccccc6n7-c6cccc7oc8ccccc8c67)cc5c34)n2)cc1. The molecule has 0 radical (unpaired) electrons. The van der Waals surface area contributed by atoms with Crippen molar-refractivity contribution >= 4 is 131 Å². The van der Waals surface area contributed by atoms with E-state index in [1.54, 1.807) is 0 Å². The van der Waals surface area contributed by atoms with Crippen molar-refractivity contribution in [2.45, 2.75) is 0 Å². The molecule has 418 valence electrons. The molecule has 7 aromatic heterocycles. The summed E-state index contributed by atoms with van der Waals surface area (Å²) in [5, 5.41) is 12.8. The third kappa shape index (κ3) is 7.11. The Morgan fingerprint density at radius 1 is 0.211 bits per heavy atom. The van der Waals surface area contributed by atoms with Crippen LogP contribution in [0.25, 0.3) is 199 Å². The van der Waals surface area contributed by atoms with Gasteiger partial charge in [-0.3, -0.25) is 0 Å². The van der Waals surface area contributed by atoms with E-state index >= 15 is 0 Å². The molecule has 0 amide bonds. The highest BCUT2D eigenvalue weighted by molar-refractivity contribution is 6.19. The highest BCUT2D eigenvalue weighted by Gasteiger charge is 2.24. The summed E-state index contributed by atoms with van der Waals surface area (Å²) < 4.78 is 31.0. The van der Waals surface area contributed by atoms with Crippen molar-refractivity contribution < 1.29 is 17.7 Å². The zero-order valence-electron chi connectivity index (χ0n) is 47.8. The van der Waals surface area contributed by atoms with Gasteiger partial charge in [-0.1, -0.05) is 164 Å². The van der Waals surface area contributed by atoms with Gasteiger partial charge in [0.1, 0.15) is 44.7 Å². The molecule has 0 spiro atoms. The molecule has 0 bridgehead atoms. The van der Waals surface area contributed by atoms with Crippen molar-refractivity contribution in [1.29, 1.82) is 0 Å². The molecule has 7 heterocycles. The molecule has 20 aromatic rings. The number of furan rings is 4. The smallest absolute Gasteiger partial charge is 0.164 e. The molecule has 20 rings (SSSR count). The van der Waals surface area contributed by atoms with Crippen LogP contribution in [0.4, 0.5) is 0 Å². The topological polar surface area (TPSA) is 101 Å².